The van der Waals surface area contributed by atoms with E-state index in [1.165, 1.54) is 17.2 Å². The lowest BCUT2D eigenvalue weighted by Gasteiger charge is -2.20. The first-order valence-corrected chi connectivity index (χ1v) is 6.22. The number of amides is 2. The van der Waals surface area contributed by atoms with Crippen LogP contribution in [0, 0.1) is 6.92 Å². The van der Waals surface area contributed by atoms with E-state index in [2.05, 4.69) is 4.98 Å². The first kappa shape index (κ1) is 14.9. The molecule has 0 aromatic carbocycles. The van der Waals surface area contributed by atoms with Crippen molar-refractivity contribution >= 4 is 11.8 Å². The lowest BCUT2D eigenvalue weighted by Crippen LogP contribution is -2.40. The summed E-state index contributed by atoms with van der Waals surface area (Å²) in [5.74, 6) is -1.05. The van der Waals surface area contributed by atoms with Crippen molar-refractivity contribution in [2.45, 2.75) is 26.7 Å². The summed E-state index contributed by atoms with van der Waals surface area (Å²) in [6, 6.07) is 1.36. The maximum Gasteiger partial charge on any atom is 0.259 e. The maximum absolute atomic E-state index is 12.2. The molecule has 0 radical (unpaired) electrons. The van der Waals surface area contributed by atoms with Crippen molar-refractivity contribution in [1.82, 2.24) is 9.88 Å². The summed E-state index contributed by atoms with van der Waals surface area (Å²) in [5, 5.41) is 0. The molecule has 0 atom stereocenters. The Labute approximate surface area is 111 Å². The van der Waals surface area contributed by atoms with Crippen molar-refractivity contribution < 1.29 is 9.59 Å². The number of nitrogens with two attached hydrogens (primary N) is 1. The third-order valence-corrected chi connectivity index (χ3v) is 2.70. The van der Waals surface area contributed by atoms with E-state index >= 15 is 0 Å². The maximum atomic E-state index is 12.2. The number of carbonyl (C=O) groups excluding carboxylic acids is 2. The van der Waals surface area contributed by atoms with Gasteiger partial charge in [-0.3, -0.25) is 14.4 Å². The number of nitrogens with zero attached hydrogens (tertiary/aromatic N) is 1. The van der Waals surface area contributed by atoms with Crippen molar-refractivity contribution in [2.24, 2.45) is 5.73 Å². The van der Waals surface area contributed by atoms with Crippen LogP contribution in [0.5, 0.6) is 0 Å². The largest absolute Gasteiger partial charge is 0.368 e. The number of unbranched alkanes of at least 4 members (excludes halogenated alkanes) is 1. The molecule has 0 fully saturated rings. The van der Waals surface area contributed by atoms with E-state index in [4.69, 9.17) is 5.73 Å². The van der Waals surface area contributed by atoms with Crippen LogP contribution < -0.4 is 11.2 Å². The second kappa shape index (κ2) is 6.72. The summed E-state index contributed by atoms with van der Waals surface area (Å²) >= 11 is 0. The standard InChI is InChI=1S/C13H19N3O3/c1-3-4-5-16(8-12(14)18)13(19)10-7-15-9(2)6-11(10)17/h6-7H,3-5,8H2,1-2H3,(H2,14,18)(H,15,17). The Kier molecular flexibility index (Phi) is 5.29. The molecule has 6 heteroatoms. The fourth-order valence-corrected chi connectivity index (χ4v) is 1.70. The Morgan fingerprint density at radius 1 is 1.42 bits per heavy atom. The van der Waals surface area contributed by atoms with Gasteiger partial charge in [-0.25, -0.2) is 0 Å². The van der Waals surface area contributed by atoms with E-state index in [1.807, 2.05) is 6.92 Å². The predicted octanol–water partition coefficient (Wildman–Crippen LogP) is 0.411. The number of hydrogen-bond acceptors (Lipinski definition) is 3. The molecule has 0 aliphatic carbocycles. The van der Waals surface area contributed by atoms with Gasteiger partial charge >= 0.3 is 0 Å². The van der Waals surface area contributed by atoms with Gasteiger partial charge in [0.15, 0.2) is 5.43 Å². The van der Waals surface area contributed by atoms with E-state index in [1.54, 1.807) is 6.92 Å². The molecular formula is C13H19N3O3. The molecule has 1 rings (SSSR count). The van der Waals surface area contributed by atoms with Crippen LogP contribution >= 0.6 is 0 Å². The zero-order valence-electron chi connectivity index (χ0n) is 11.2. The van der Waals surface area contributed by atoms with Crippen LogP contribution in [-0.4, -0.2) is 34.8 Å². The van der Waals surface area contributed by atoms with Crippen LogP contribution in [0.3, 0.4) is 0 Å². The molecule has 0 saturated heterocycles. The number of H-pyrrole nitrogens is 1. The number of aromatic nitrogens is 1. The monoisotopic (exact) mass is 265 g/mol. The minimum absolute atomic E-state index is 0.0305. The molecule has 0 aliphatic rings. The normalized spacial score (nSPS) is 10.2. The fourth-order valence-electron chi connectivity index (χ4n) is 1.70. The van der Waals surface area contributed by atoms with Gasteiger partial charge in [0, 0.05) is 24.5 Å². The molecule has 6 nitrogen and oxygen atoms in total. The molecule has 1 aromatic rings. The van der Waals surface area contributed by atoms with Gasteiger partial charge < -0.3 is 15.6 Å². The third-order valence-electron chi connectivity index (χ3n) is 2.70. The minimum atomic E-state index is -0.590. The number of carbonyl (C=O) groups is 2. The number of primary amides is 1. The smallest absolute Gasteiger partial charge is 0.259 e. The summed E-state index contributed by atoms with van der Waals surface area (Å²) < 4.78 is 0. The van der Waals surface area contributed by atoms with Gasteiger partial charge in [0.1, 0.15) is 5.56 Å². The predicted molar refractivity (Wildman–Crippen MR) is 71.8 cm³/mol. The number of aromatic amines is 1. The van der Waals surface area contributed by atoms with Crippen LogP contribution in [0.1, 0.15) is 35.8 Å². The van der Waals surface area contributed by atoms with Gasteiger partial charge in [-0.15, -0.1) is 0 Å². The molecule has 0 bridgehead atoms. The first-order chi connectivity index (χ1) is 8.95. The summed E-state index contributed by atoms with van der Waals surface area (Å²) in [4.78, 5) is 39.1. The van der Waals surface area contributed by atoms with Crippen molar-refractivity contribution in [3.63, 3.8) is 0 Å². The molecule has 104 valence electrons. The zero-order valence-corrected chi connectivity index (χ0v) is 11.2. The Balaban J connectivity index is 2.97. The van der Waals surface area contributed by atoms with Gasteiger partial charge in [-0.2, -0.15) is 0 Å². The van der Waals surface area contributed by atoms with Crippen molar-refractivity contribution in [3.8, 4) is 0 Å². The lowest BCUT2D eigenvalue weighted by molar-refractivity contribution is -0.118. The minimum Gasteiger partial charge on any atom is -0.368 e. The third kappa shape index (κ3) is 4.24. The van der Waals surface area contributed by atoms with E-state index in [0.717, 1.165) is 12.8 Å². The van der Waals surface area contributed by atoms with E-state index < -0.39 is 11.8 Å². The van der Waals surface area contributed by atoms with Crippen molar-refractivity contribution in [3.05, 3.63) is 33.7 Å². The van der Waals surface area contributed by atoms with Gasteiger partial charge in [0.05, 0.1) is 6.54 Å². The van der Waals surface area contributed by atoms with Crippen LogP contribution in [0.2, 0.25) is 0 Å². The van der Waals surface area contributed by atoms with Gasteiger partial charge in [-0.05, 0) is 13.3 Å². The average molecular weight is 265 g/mol. The second-order valence-corrected chi connectivity index (χ2v) is 4.44. The van der Waals surface area contributed by atoms with Gasteiger partial charge in [-0.1, -0.05) is 13.3 Å². The first-order valence-electron chi connectivity index (χ1n) is 6.22. The number of rotatable bonds is 6. The quantitative estimate of drug-likeness (QED) is 0.779. The van der Waals surface area contributed by atoms with E-state index in [9.17, 15) is 14.4 Å². The number of aryl methyl sites for hydroxylation is 1. The fraction of sp³-hybridized carbons (Fsp3) is 0.462. The highest BCUT2D eigenvalue weighted by atomic mass is 16.2. The van der Waals surface area contributed by atoms with Crippen LogP contribution in [0.15, 0.2) is 17.1 Å². The topological polar surface area (TPSA) is 96.3 Å². The highest BCUT2D eigenvalue weighted by molar-refractivity contribution is 5.96. The summed E-state index contributed by atoms with van der Waals surface area (Å²) in [7, 11) is 0. The molecule has 0 spiro atoms. The van der Waals surface area contributed by atoms with Crippen molar-refractivity contribution in [1.29, 1.82) is 0 Å². The van der Waals surface area contributed by atoms with Crippen LogP contribution in [0.25, 0.3) is 0 Å². The summed E-state index contributed by atoms with van der Waals surface area (Å²) in [6.45, 7) is 3.94. The molecule has 0 saturated carbocycles. The summed E-state index contributed by atoms with van der Waals surface area (Å²) in [6.07, 6.45) is 3.01. The molecule has 2 amide bonds. The Morgan fingerprint density at radius 2 is 2.11 bits per heavy atom. The molecule has 19 heavy (non-hydrogen) atoms. The molecular weight excluding hydrogens is 246 g/mol. The molecule has 3 N–H and O–H groups in total. The Bertz CT molecular complexity index is 522. The van der Waals surface area contributed by atoms with Gasteiger partial charge in [0.25, 0.3) is 5.91 Å². The molecule has 1 heterocycles. The molecule has 0 unspecified atom stereocenters. The van der Waals surface area contributed by atoms with Crippen LogP contribution in [-0.2, 0) is 4.79 Å². The van der Waals surface area contributed by atoms with Crippen molar-refractivity contribution in [2.75, 3.05) is 13.1 Å². The summed E-state index contributed by atoms with van der Waals surface area (Å²) in [5.41, 5.74) is 5.48. The Morgan fingerprint density at radius 3 is 2.63 bits per heavy atom. The molecule has 0 aliphatic heterocycles. The SMILES string of the molecule is CCCCN(CC(N)=O)C(=O)c1c[nH]c(C)cc1=O. The molecule has 1 aromatic heterocycles. The van der Waals surface area contributed by atoms with Gasteiger partial charge in [0.2, 0.25) is 5.91 Å². The highest BCUT2D eigenvalue weighted by Crippen LogP contribution is 2.02. The second-order valence-electron chi connectivity index (χ2n) is 4.44. The highest BCUT2D eigenvalue weighted by Gasteiger charge is 2.19. The lowest BCUT2D eigenvalue weighted by atomic mass is 10.2. The average Bonchev–Trinajstić information content (AvgIpc) is 2.33. The number of pyridine rings is 1. The Hall–Kier alpha value is -2.11. The zero-order chi connectivity index (χ0) is 14.4. The van der Waals surface area contributed by atoms with Crippen LogP contribution in [0.4, 0.5) is 0 Å². The van der Waals surface area contributed by atoms with E-state index in [0.29, 0.717) is 12.2 Å². The van der Waals surface area contributed by atoms with E-state index in [-0.39, 0.29) is 17.5 Å². The number of nitrogens with one attached hydrogen (secondary N) is 1. The number of hydrogen-bond donors (Lipinski definition) is 2.